The number of rotatable bonds is 6. The lowest BCUT2D eigenvalue weighted by atomic mass is 10.0. The second-order valence-corrected chi connectivity index (χ2v) is 8.07. The van der Waals surface area contributed by atoms with Crippen LogP contribution in [-0.2, 0) is 14.8 Å². The normalized spacial score (nSPS) is 22.1. The van der Waals surface area contributed by atoms with E-state index in [4.69, 9.17) is 0 Å². The van der Waals surface area contributed by atoms with Crippen molar-refractivity contribution in [1.29, 1.82) is 0 Å². The van der Waals surface area contributed by atoms with E-state index in [1.54, 1.807) is 4.90 Å². The topological polar surface area (TPSA) is 86.7 Å². The highest BCUT2D eigenvalue weighted by atomic mass is 32.2. The quantitative estimate of drug-likeness (QED) is 0.755. The van der Waals surface area contributed by atoms with Gasteiger partial charge in [-0.15, -0.1) is 0 Å². The van der Waals surface area contributed by atoms with Crippen LogP contribution >= 0.6 is 0 Å². The van der Waals surface area contributed by atoms with Gasteiger partial charge < -0.3 is 10.0 Å². The van der Waals surface area contributed by atoms with Crippen molar-refractivity contribution < 1.29 is 18.3 Å². The average Bonchev–Trinajstić information content (AvgIpc) is 2.59. The largest absolute Gasteiger partial charge is 0.394 e. The van der Waals surface area contributed by atoms with Crippen LogP contribution in [0.1, 0.15) is 46.0 Å². The highest BCUT2D eigenvalue weighted by Crippen LogP contribution is 2.19. The van der Waals surface area contributed by atoms with Gasteiger partial charge in [0, 0.05) is 6.54 Å². The predicted molar refractivity (Wildman–Crippen MR) is 82.3 cm³/mol. The van der Waals surface area contributed by atoms with Crippen LogP contribution in [0.3, 0.4) is 0 Å². The Morgan fingerprint density at radius 2 is 2.00 bits per heavy atom. The molecule has 0 aromatic carbocycles. The smallest absolute Gasteiger partial charge is 0.241 e. The van der Waals surface area contributed by atoms with E-state index in [0.29, 0.717) is 13.0 Å². The molecule has 1 aliphatic rings. The molecule has 0 spiro atoms. The molecule has 1 heterocycles. The van der Waals surface area contributed by atoms with Crippen LogP contribution in [-0.4, -0.2) is 55.8 Å². The molecule has 1 aliphatic heterocycles. The maximum absolute atomic E-state index is 12.7. The molecule has 0 bridgehead atoms. The van der Waals surface area contributed by atoms with Crippen LogP contribution in [0.25, 0.3) is 0 Å². The van der Waals surface area contributed by atoms with E-state index in [2.05, 4.69) is 4.72 Å². The first-order chi connectivity index (χ1) is 9.74. The minimum atomic E-state index is -3.45. The zero-order valence-corrected chi connectivity index (χ0v) is 14.0. The molecule has 0 saturated carbocycles. The van der Waals surface area contributed by atoms with Crippen molar-refractivity contribution in [3.8, 4) is 0 Å². The Labute approximate surface area is 128 Å². The molecule has 2 atom stereocenters. The summed E-state index contributed by atoms with van der Waals surface area (Å²) < 4.78 is 25.4. The Hall–Kier alpha value is -0.660. The number of carbonyl (C=O) groups excluding carboxylic acids is 1. The third-order valence-electron chi connectivity index (χ3n) is 3.73. The molecule has 21 heavy (non-hydrogen) atoms. The van der Waals surface area contributed by atoms with E-state index in [1.807, 2.05) is 13.8 Å². The van der Waals surface area contributed by atoms with Gasteiger partial charge in [0.1, 0.15) is 6.04 Å². The van der Waals surface area contributed by atoms with Gasteiger partial charge in [-0.1, -0.05) is 26.7 Å². The summed E-state index contributed by atoms with van der Waals surface area (Å²) in [6, 6.07) is -0.942. The number of likely N-dealkylation sites (tertiary alicyclic amines) is 1. The molecule has 1 fully saturated rings. The number of aliphatic hydroxyl groups excluding tert-OH is 1. The lowest BCUT2D eigenvalue weighted by Gasteiger charge is -2.32. The number of aliphatic hydroxyl groups is 1. The molecule has 1 saturated heterocycles. The van der Waals surface area contributed by atoms with Gasteiger partial charge in [-0.3, -0.25) is 4.79 Å². The monoisotopic (exact) mass is 320 g/mol. The fourth-order valence-corrected chi connectivity index (χ4v) is 3.50. The molecule has 7 heteroatoms. The van der Waals surface area contributed by atoms with Gasteiger partial charge in [-0.25, -0.2) is 13.1 Å². The van der Waals surface area contributed by atoms with Crippen LogP contribution < -0.4 is 4.72 Å². The van der Waals surface area contributed by atoms with Gasteiger partial charge in [0.15, 0.2) is 0 Å². The molecule has 2 N–H and O–H groups in total. The number of nitrogens with one attached hydrogen (secondary N) is 1. The van der Waals surface area contributed by atoms with Crippen molar-refractivity contribution in [2.45, 2.75) is 58.0 Å². The second-order valence-electron chi connectivity index (χ2n) is 6.29. The van der Waals surface area contributed by atoms with E-state index < -0.39 is 16.1 Å². The maximum atomic E-state index is 12.7. The molecule has 6 nitrogen and oxygen atoms in total. The highest BCUT2D eigenvalue weighted by molar-refractivity contribution is 7.88. The van der Waals surface area contributed by atoms with Gasteiger partial charge in [-0.05, 0) is 25.2 Å². The molecular formula is C14H28N2O4S. The minimum Gasteiger partial charge on any atom is -0.394 e. The van der Waals surface area contributed by atoms with Crippen molar-refractivity contribution >= 4 is 15.9 Å². The number of nitrogens with zero attached hydrogens (tertiary/aromatic N) is 1. The molecule has 0 radical (unpaired) electrons. The van der Waals surface area contributed by atoms with Crippen molar-refractivity contribution in [2.75, 3.05) is 19.4 Å². The third kappa shape index (κ3) is 6.32. The van der Waals surface area contributed by atoms with Crippen LogP contribution in [0, 0.1) is 5.92 Å². The molecular weight excluding hydrogens is 292 g/mol. The van der Waals surface area contributed by atoms with Crippen molar-refractivity contribution in [1.82, 2.24) is 9.62 Å². The van der Waals surface area contributed by atoms with Gasteiger partial charge in [0.05, 0.1) is 18.9 Å². The highest BCUT2D eigenvalue weighted by Gasteiger charge is 2.32. The zero-order valence-electron chi connectivity index (χ0n) is 13.2. The fourth-order valence-electron chi connectivity index (χ4n) is 2.79. The summed E-state index contributed by atoms with van der Waals surface area (Å²) >= 11 is 0. The first kappa shape index (κ1) is 18.4. The molecule has 0 aromatic rings. The third-order valence-corrected chi connectivity index (χ3v) is 4.45. The van der Waals surface area contributed by atoms with Gasteiger partial charge in [0.25, 0.3) is 0 Å². The Morgan fingerprint density at radius 1 is 1.33 bits per heavy atom. The summed E-state index contributed by atoms with van der Waals surface area (Å²) in [4.78, 5) is 14.4. The standard InChI is InChI=1S/C14H28N2O4S/c1-11(2)9-13(15-21(3,19)20)14(18)16-8-6-4-5-7-12(16)10-17/h11-13,15,17H,4-10H2,1-3H3. The fraction of sp³-hybridized carbons (Fsp3) is 0.929. The Bertz CT molecular complexity index is 436. The van der Waals surface area contributed by atoms with E-state index in [1.165, 1.54) is 0 Å². The van der Waals surface area contributed by atoms with E-state index >= 15 is 0 Å². The summed E-state index contributed by atoms with van der Waals surface area (Å²) in [7, 11) is -3.45. The predicted octanol–water partition coefficient (Wildman–Crippen LogP) is 0.714. The van der Waals surface area contributed by atoms with Crippen molar-refractivity contribution in [3.63, 3.8) is 0 Å². The Balaban J connectivity index is 2.90. The van der Waals surface area contributed by atoms with Gasteiger partial charge >= 0.3 is 0 Å². The summed E-state index contributed by atoms with van der Waals surface area (Å²) in [6.07, 6.45) is 5.23. The number of amides is 1. The summed E-state index contributed by atoms with van der Waals surface area (Å²) in [5.74, 6) is -0.0113. The second kappa shape index (κ2) is 8.10. The van der Waals surface area contributed by atoms with E-state index in [0.717, 1.165) is 31.9 Å². The molecule has 124 valence electrons. The molecule has 2 unspecified atom stereocenters. The molecule has 0 aliphatic carbocycles. The number of hydrogen-bond donors (Lipinski definition) is 2. The minimum absolute atomic E-state index is 0.0704. The van der Waals surface area contributed by atoms with Crippen LogP contribution in [0.15, 0.2) is 0 Å². The lowest BCUT2D eigenvalue weighted by molar-refractivity contribution is -0.136. The lowest BCUT2D eigenvalue weighted by Crippen LogP contribution is -2.52. The average molecular weight is 320 g/mol. The maximum Gasteiger partial charge on any atom is 0.241 e. The molecule has 1 amide bonds. The summed E-state index contributed by atoms with van der Waals surface area (Å²) in [5, 5.41) is 9.50. The molecule has 0 aromatic heterocycles. The van der Waals surface area contributed by atoms with Gasteiger partial charge in [0.2, 0.25) is 15.9 Å². The van der Waals surface area contributed by atoms with Crippen LogP contribution in [0.2, 0.25) is 0 Å². The molecule has 1 rings (SSSR count). The first-order valence-corrected chi connectivity index (χ1v) is 9.52. The zero-order chi connectivity index (χ0) is 16.0. The summed E-state index contributed by atoms with van der Waals surface area (Å²) in [5.41, 5.74) is 0. The summed E-state index contributed by atoms with van der Waals surface area (Å²) in [6.45, 7) is 4.43. The van der Waals surface area contributed by atoms with Crippen molar-refractivity contribution in [2.24, 2.45) is 5.92 Å². The van der Waals surface area contributed by atoms with E-state index in [9.17, 15) is 18.3 Å². The number of sulfonamides is 1. The Kier molecular flexibility index (Phi) is 7.09. The van der Waals surface area contributed by atoms with Gasteiger partial charge in [-0.2, -0.15) is 0 Å². The SMILES string of the molecule is CC(C)CC(NS(C)(=O)=O)C(=O)N1CCCCCC1CO. The van der Waals surface area contributed by atoms with E-state index in [-0.39, 0.29) is 24.5 Å². The number of hydrogen-bond acceptors (Lipinski definition) is 4. The Morgan fingerprint density at radius 3 is 2.52 bits per heavy atom. The first-order valence-electron chi connectivity index (χ1n) is 7.63. The van der Waals surface area contributed by atoms with Crippen molar-refractivity contribution in [3.05, 3.63) is 0 Å². The number of carbonyl (C=O) groups is 1. The van der Waals surface area contributed by atoms with Crippen LogP contribution in [0.4, 0.5) is 0 Å². The van der Waals surface area contributed by atoms with Crippen LogP contribution in [0.5, 0.6) is 0 Å².